The number of piperidine rings is 1. The van der Waals surface area contributed by atoms with E-state index in [1.54, 1.807) is 12.3 Å². The maximum Gasteiger partial charge on any atom is 0.393 e. The lowest BCUT2D eigenvalue weighted by molar-refractivity contribution is -0.366. The third-order valence-electron chi connectivity index (χ3n) is 4.82. The molecule has 10 heteroatoms. The second kappa shape index (κ2) is 8.32. The Kier molecular flexibility index (Phi) is 5.61. The van der Waals surface area contributed by atoms with Crippen LogP contribution in [0.4, 0.5) is 10.3 Å². The van der Waals surface area contributed by atoms with Gasteiger partial charge in [0.1, 0.15) is 29.0 Å². The van der Waals surface area contributed by atoms with E-state index in [9.17, 15) is 9.18 Å². The standard InChI is InChI=1S/C19H19BrFN5O3/c20-13-2-1-11(21)9-15(13)29-12-5-7-26(8-6-12)19-22-10-14-18(25-19)24-16(23-14)3-4-17(27)28/h1-2,9-10,12H,3-8H2,(H,27,28)(H,22,23,24,25)/p+1. The fraction of sp³-hybridized carbons (Fsp3) is 0.368. The number of hydrogen-bond acceptors (Lipinski definition) is 5. The van der Waals surface area contributed by atoms with Crippen LogP contribution in [0.15, 0.2) is 28.9 Å². The summed E-state index contributed by atoms with van der Waals surface area (Å²) < 4.78 is 20.1. The lowest BCUT2D eigenvalue weighted by atomic mass is 10.1. The Morgan fingerprint density at radius 3 is 2.93 bits per heavy atom. The molecule has 8 nitrogen and oxygen atoms in total. The van der Waals surface area contributed by atoms with E-state index in [0.717, 1.165) is 35.9 Å². The highest BCUT2D eigenvalue weighted by atomic mass is 79.9. The summed E-state index contributed by atoms with van der Waals surface area (Å²) in [6, 6.07) is 4.42. The molecule has 0 aliphatic carbocycles. The van der Waals surface area contributed by atoms with Gasteiger partial charge in [0.05, 0.1) is 30.2 Å². The number of halogens is 2. The third kappa shape index (κ3) is 4.64. The van der Waals surface area contributed by atoms with Crippen LogP contribution in [0, 0.1) is 5.82 Å². The smallest absolute Gasteiger partial charge is 0.393 e. The predicted octanol–water partition coefficient (Wildman–Crippen LogP) is 2.74. The van der Waals surface area contributed by atoms with Crippen LogP contribution in [0.3, 0.4) is 0 Å². The van der Waals surface area contributed by atoms with Gasteiger partial charge in [-0.05, 0) is 33.0 Å². The molecule has 152 valence electrons. The summed E-state index contributed by atoms with van der Waals surface area (Å²) >= 11 is 3.39. The summed E-state index contributed by atoms with van der Waals surface area (Å²) in [5.74, 6) is 0.642. The van der Waals surface area contributed by atoms with Crippen molar-refractivity contribution < 1.29 is 24.0 Å². The number of aliphatic carboxylic acids is 1. The molecule has 0 saturated carbocycles. The SMILES string of the molecule is O=C(O)CCc1nc2nc(N3CCC(Oc4cc(F)ccc4Br)CC3)[nH+]cc2[nH]1. The van der Waals surface area contributed by atoms with Crippen LogP contribution in [0.1, 0.15) is 25.1 Å². The largest absolute Gasteiger partial charge is 0.489 e. The Labute approximate surface area is 174 Å². The number of carboxylic acids is 1. The van der Waals surface area contributed by atoms with E-state index in [2.05, 4.69) is 40.8 Å². The number of aromatic amines is 2. The van der Waals surface area contributed by atoms with Gasteiger partial charge in [0.25, 0.3) is 5.65 Å². The van der Waals surface area contributed by atoms with Gasteiger partial charge in [-0.3, -0.25) is 9.69 Å². The van der Waals surface area contributed by atoms with Crippen molar-refractivity contribution in [2.45, 2.75) is 31.8 Å². The van der Waals surface area contributed by atoms with Crippen LogP contribution in [-0.4, -0.2) is 45.2 Å². The van der Waals surface area contributed by atoms with Crippen LogP contribution in [0.2, 0.25) is 0 Å². The van der Waals surface area contributed by atoms with Gasteiger partial charge >= 0.3 is 11.9 Å². The normalized spacial score (nSPS) is 15.0. The molecule has 0 atom stereocenters. The summed E-state index contributed by atoms with van der Waals surface area (Å²) in [4.78, 5) is 28.0. The van der Waals surface area contributed by atoms with E-state index in [4.69, 9.17) is 9.84 Å². The zero-order chi connectivity index (χ0) is 20.4. The molecule has 2 aromatic heterocycles. The molecule has 0 spiro atoms. The Bertz CT molecular complexity index is 1040. The monoisotopic (exact) mass is 464 g/mol. The number of anilines is 1. The van der Waals surface area contributed by atoms with Gasteiger partial charge < -0.3 is 14.8 Å². The molecule has 1 fully saturated rings. The van der Waals surface area contributed by atoms with Crippen molar-refractivity contribution in [2.24, 2.45) is 0 Å². The molecule has 3 aromatic rings. The van der Waals surface area contributed by atoms with E-state index in [1.807, 2.05) is 0 Å². The molecular formula is C19H20BrFN5O3+. The number of H-pyrrole nitrogens is 2. The average Bonchev–Trinajstić information content (AvgIpc) is 3.12. The van der Waals surface area contributed by atoms with Crippen molar-refractivity contribution in [3.63, 3.8) is 0 Å². The second-order valence-corrected chi connectivity index (χ2v) is 7.77. The van der Waals surface area contributed by atoms with Crippen molar-refractivity contribution in [2.75, 3.05) is 18.0 Å². The summed E-state index contributed by atoms with van der Waals surface area (Å²) in [6.07, 6.45) is 3.70. The van der Waals surface area contributed by atoms with Gasteiger partial charge in [-0.25, -0.2) is 9.37 Å². The Balaban J connectivity index is 1.39. The van der Waals surface area contributed by atoms with Crippen molar-refractivity contribution in [3.05, 3.63) is 40.5 Å². The number of aromatic nitrogens is 4. The van der Waals surface area contributed by atoms with Gasteiger partial charge in [-0.2, -0.15) is 4.98 Å². The number of carboxylic acid groups (broad SMARTS) is 1. The van der Waals surface area contributed by atoms with Crippen LogP contribution in [-0.2, 0) is 11.2 Å². The number of carbonyl (C=O) groups is 1. The average molecular weight is 465 g/mol. The lowest BCUT2D eigenvalue weighted by Crippen LogP contribution is -2.41. The molecule has 0 bridgehead atoms. The molecule has 1 aliphatic heterocycles. The topological polar surface area (TPSA) is 105 Å². The number of aryl methyl sites for hydroxylation is 1. The van der Waals surface area contributed by atoms with Crippen LogP contribution < -0.4 is 14.6 Å². The number of imidazole rings is 1. The first kappa shape index (κ1) is 19.6. The minimum atomic E-state index is -0.860. The molecule has 0 radical (unpaired) electrons. The Morgan fingerprint density at radius 2 is 2.17 bits per heavy atom. The molecule has 4 rings (SSSR count). The first-order chi connectivity index (χ1) is 14.0. The highest BCUT2D eigenvalue weighted by Crippen LogP contribution is 2.29. The predicted molar refractivity (Wildman–Crippen MR) is 106 cm³/mol. The molecule has 29 heavy (non-hydrogen) atoms. The van der Waals surface area contributed by atoms with Crippen molar-refractivity contribution in [1.82, 2.24) is 15.0 Å². The van der Waals surface area contributed by atoms with Gasteiger partial charge in [-0.15, -0.1) is 0 Å². The van der Waals surface area contributed by atoms with Crippen molar-refractivity contribution in [1.29, 1.82) is 0 Å². The number of nitrogens with one attached hydrogen (secondary N) is 2. The summed E-state index contributed by atoms with van der Waals surface area (Å²) in [5, 5.41) is 8.81. The second-order valence-electron chi connectivity index (χ2n) is 6.92. The fourth-order valence-electron chi connectivity index (χ4n) is 3.32. The zero-order valence-corrected chi connectivity index (χ0v) is 17.1. The maximum absolute atomic E-state index is 13.4. The first-order valence-corrected chi connectivity index (χ1v) is 10.1. The maximum atomic E-state index is 13.4. The van der Waals surface area contributed by atoms with E-state index >= 15 is 0 Å². The molecular weight excluding hydrogens is 445 g/mol. The number of rotatable bonds is 6. The first-order valence-electron chi connectivity index (χ1n) is 9.33. The third-order valence-corrected chi connectivity index (χ3v) is 5.48. The minimum Gasteiger partial charge on any atom is -0.489 e. The van der Waals surface area contributed by atoms with Crippen LogP contribution in [0.5, 0.6) is 5.75 Å². The summed E-state index contributed by atoms with van der Waals surface area (Å²) in [7, 11) is 0. The highest BCUT2D eigenvalue weighted by molar-refractivity contribution is 9.10. The number of benzene rings is 1. The zero-order valence-electron chi connectivity index (χ0n) is 15.5. The molecule has 3 N–H and O–H groups in total. The Morgan fingerprint density at radius 1 is 1.38 bits per heavy atom. The summed E-state index contributed by atoms with van der Waals surface area (Å²) in [5.41, 5.74) is 1.30. The summed E-state index contributed by atoms with van der Waals surface area (Å²) in [6.45, 7) is 1.48. The fourth-order valence-corrected chi connectivity index (χ4v) is 3.66. The van der Waals surface area contributed by atoms with Gasteiger partial charge in [0.2, 0.25) is 0 Å². The van der Waals surface area contributed by atoms with Crippen molar-refractivity contribution >= 4 is 39.0 Å². The van der Waals surface area contributed by atoms with E-state index in [1.165, 1.54) is 12.1 Å². The molecule has 3 heterocycles. The number of hydrogen-bond donors (Lipinski definition) is 2. The molecule has 0 amide bonds. The van der Waals surface area contributed by atoms with E-state index in [-0.39, 0.29) is 18.3 Å². The van der Waals surface area contributed by atoms with Gasteiger partial charge in [-0.1, -0.05) is 0 Å². The van der Waals surface area contributed by atoms with Gasteiger partial charge in [0.15, 0.2) is 0 Å². The quantitative estimate of drug-likeness (QED) is 0.580. The van der Waals surface area contributed by atoms with E-state index in [0.29, 0.717) is 29.6 Å². The number of fused-ring (bicyclic) bond motifs is 1. The number of ether oxygens (including phenoxy) is 1. The van der Waals surface area contributed by atoms with E-state index < -0.39 is 5.97 Å². The van der Waals surface area contributed by atoms with Crippen LogP contribution >= 0.6 is 15.9 Å². The van der Waals surface area contributed by atoms with Crippen LogP contribution in [0.25, 0.3) is 11.2 Å². The van der Waals surface area contributed by atoms with Crippen molar-refractivity contribution in [3.8, 4) is 5.75 Å². The number of nitrogens with zero attached hydrogens (tertiary/aromatic N) is 3. The molecule has 1 saturated heterocycles. The lowest BCUT2D eigenvalue weighted by Gasteiger charge is -2.28. The Hall–Kier alpha value is -2.75. The van der Waals surface area contributed by atoms with Gasteiger partial charge in [0, 0.05) is 25.3 Å². The molecule has 0 unspecified atom stereocenters. The highest BCUT2D eigenvalue weighted by Gasteiger charge is 2.28. The molecule has 1 aliphatic rings. The minimum absolute atomic E-state index is 0.00101. The molecule has 1 aromatic carbocycles.